The first-order valence-corrected chi connectivity index (χ1v) is 8.80. The highest BCUT2D eigenvalue weighted by molar-refractivity contribution is 5.92. The van der Waals surface area contributed by atoms with E-state index in [1.807, 2.05) is 13.8 Å². The third-order valence-electron chi connectivity index (χ3n) is 4.37. The van der Waals surface area contributed by atoms with E-state index < -0.39 is 12.5 Å². The summed E-state index contributed by atoms with van der Waals surface area (Å²) in [5.41, 5.74) is 0.461. The number of aromatic amines is 1. The number of amides is 1. The SMILES string of the molecule is CC(C)[C@@H](NC(=O)c1cc(=O)[nH]c(C2CC2)n1)c1ccc(OC(F)F)cc1. The third kappa shape index (κ3) is 4.90. The van der Waals surface area contributed by atoms with Crippen LogP contribution in [-0.2, 0) is 0 Å². The van der Waals surface area contributed by atoms with Gasteiger partial charge in [-0.2, -0.15) is 8.78 Å². The molecule has 6 nitrogen and oxygen atoms in total. The molecule has 1 aromatic heterocycles. The summed E-state index contributed by atoms with van der Waals surface area (Å²) in [4.78, 5) is 31.4. The van der Waals surface area contributed by atoms with Gasteiger partial charge in [0.1, 0.15) is 17.3 Å². The summed E-state index contributed by atoms with van der Waals surface area (Å²) in [6, 6.07) is 6.92. The van der Waals surface area contributed by atoms with E-state index in [9.17, 15) is 18.4 Å². The zero-order chi connectivity index (χ0) is 19.6. The van der Waals surface area contributed by atoms with E-state index in [4.69, 9.17) is 0 Å². The van der Waals surface area contributed by atoms with Crippen molar-refractivity contribution < 1.29 is 18.3 Å². The van der Waals surface area contributed by atoms with Gasteiger partial charge in [-0.3, -0.25) is 9.59 Å². The Balaban J connectivity index is 1.78. The lowest BCUT2D eigenvalue weighted by molar-refractivity contribution is -0.0498. The van der Waals surface area contributed by atoms with E-state index in [-0.39, 0.29) is 34.9 Å². The van der Waals surface area contributed by atoms with Crippen molar-refractivity contribution in [3.05, 3.63) is 57.8 Å². The number of hydrogen-bond acceptors (Lipinski definition) is 4. The molecule has 1 saturated carbocycles. The van der Waals surface area contributed by atoms with Crippen LogP contribution in [0.25, 0.3) is 0 Å². The van der Waals surface area contributed by atoms with Gasteiger partial charge in [-0.15, -0.1) is 0 Å². The maximum atomic E-state index is 12.6. The Bertz CT molecular complexity index is 861. The van der Waals surface area contributed by atoms with Crippen LogP contribution in [0.2, 0.25) is 0 Å². The minimum atomic E-state index is -2.89. The van der Waals surface area contributed by atoms with Gasteiger partial charge >= 0.3 is 6.61 Å². The quantitative estimate of drug-likeness (QED) is 0.775. The van der Waals surface area contributed by atoms with E-state index in [1.165, 1.54) is 18.2 Å². The highest BCUT2D eigenvalue weighted by atomic mass is 19.3. The molecule has 144 valence electrons. The molecule has 1 heterocycles. The van der Waals surface area contributed by atoms with Gasteiger partial charge in [0, 0.05) is 12.0 Å². The van der Waals surface area contributed by atoms with Crippen LogP contribution >= 0.6 is 0 Å². The van der Waals surface area contributed by atoms with E-state index >= 15 is 0 Å². The molecule has 1 amide bonds. The zero-order valence-corrected chi connectivity index (χ0v) is 15.0. The monoisotopic (exact) mass is 377 g/mol. The largest absolute Gasteiger partial charge is 0.435 e. The second kappa shape index (κ2) is 7.85. The zero-order valence-electron chi connectivity index (χ0n) is 15.0. The lowest BCUT2D eigenvalue weighted by atomic mass is 9.95. The third-order valence-corrected chi connectivity index (χ3v) is 4.37. The normalized spacial score (nSPS) is 15.0. The molecule has 0 aliphatic heterocycles. The average Bonchev–Trinajstić information content (AvgIpc) is 3.44. The van der Waals surface area contributed by atoms with Crippen LogP contribution in [0.5, 0.6) is 5.75 Å². The molecule has 0 radical (unpaired) electrons. The van der Waals surface area contributed by atoms with E-state index in [1.54, 1.807) is 12.1 Å². The number of H-pyrrole nitrogens is 1. The summed E-state index contributed by atoms with van der Waals surface area (Å²) >= 11 is 0. The van der Waals surface area contributed by atoms with Crippen LogP contribution < -0.4 is 15.6 Å². The molecule has 1 aliphatic carbocycles. The molecule has 1 fully saturated rings. The number of carbonyl (C=O) groups excluding carboxylic acids is 1. The topological polar surface area (TPSA) is 84.1 Å². The first kappa shape index (κ1) is 19.0. The highest BCUT2D eigenvalue weighted by Crippen LogP contribution is 2.37. The van der Waals surface area contributed by atoms with E-state index in [0.29, 0.717) is 5.82 Å². The molecule has 0 saturated heterocycles. The summed E-state index contributed by atoms with van der Waals surface area (Å²) in [5.74, 6) is 0.388. The maximum Gasteiger partial charge on any atom is 0.387 e. The predicted molar refractivity (Wildman–Crippen MR) is 95.0 cm³/mol. The maximum absolute atomic E-state index is 12.6. The van der Waals surface area contributed by atoms with E-state index in [2.05, 4.69) is 20.0 Å². The number of carbonyl (C=O) groups is 1. The number of hydrogen-bond donors (Lipinski definition) is 2. The standard InChI is InChI=1S/C19H21F2N3O3/c1-10(2)16(11-5-7-13(8-6-11)27-19(20)21)24-18(26)14-9-15(25)23-17(22-14)12-3-4-12/h5-10,12,16,19H,3-4H2,1-2H3,(H,24,26)(H,22,23,25)/t16-/m1/s1. The molecular formula is C19H21F2N3O3. The van der Waals surface area contributed by atoms with Crippen LogP contribution in [0.3, 0.4) is 0 Å². The van der Waals surface area contributed by atoms with Crippen molar-refractivity contribution >= 4 is 5.91 Å². The second-order valence-electron chi connectivity index (χ2n) is 6.93. The van der Waals surface area contributed by atoms with Gasteiger partial charge in [-0.05, 0) is 36.5 Å². The summed E-state index contributed by atoms with van der Waals surface area (Å²) in [7, 11) is 0. The first-order chi connectivity index (χ1) is 12.8. The Morgan fingerprint density at radius 3 is 2.48 bits per heavy atom. The number of benzene rings is 1. The minimum Gasteiger partial charge on any atom is -0.435 e. The van der Waals surface area contributed by atoms with Crippen molar-refractivity contribution in [2.45, 2.75) is 45.3 Å². The van der Waals surface area contributed by atoms with Crippen molar-refractivity contribution in [1.82, 2.24) is 15.3 Å². The molecule has 0 bridgehead atoms. The summed E-state index contributed by atoms with van der Waals surface area (Å²) in [5, 5.41) is 2.88. The number of alkyl halides is 2. The Morgan fingerprint density at radius 1 is 1.26 bits per heavy atom. The smallest absolute Gasteiger partial charge is 0.387 e. The van der Waals surface area contributed by atoms with Gasteiger partial charge < -0.3 is 15.0 Å². The number of halogens is 2. The predicted octanol–water partition coefficient (Wildman–Crippen LogP) is 3.38. The molecule has 0 spiro atoms. The molecule has 1 aliphatic rings. The molecule has 27 heavy (non-hydrogen) atoms. The Kier molecular flexibility index (Phi) is 5.53. The number of nitrogens with zero attached hydrogens (tertiary/aromatic N) is 1. The molecule has 2 aromatic rings. The lowest BCUT2D eigenvalue weighted by Crippen LogP contribution is -2.33. The molecular weight excluding hydrogens is 356 g/mol. The van der Waals surface area contributed by atoms with Crippen molar-refractivity contribution in [2.24, 2.45) is 5.92 Å². The minimum absolute atomic E-state index is 0.0284. The number of rotatable bonds is 7. The van der Waals surface area contributed by atoms with Crippen LogP contribution in [0, 0.1) is 5.92 Å². The van der Waals surface area contributed by atoms with Gasteiger partial charge in [0.25, 0.3) is 11.5 Å². The molecule has 8 heteroatoms. The van der Waals surface area contributed by atoms with Gasteiger partial charge in [-0.25, -0.2) is 4.98 Å². The fourth-order valence-corrected chi connectivity index (χ4v) is 2.85. The highest BCUT2D eigenvalue weighted by Gasteiger charge is 2.28. The number of nitrogens with one attached hydrogen (secondary N) is 2. The fraction of sp³-hybridized carbons (Fsp3) is 0.421. The average molecular weight is 377 g/mol. The lowest BCUT2D eigenvalue weighted by Gasteiger charge is -2.23. The molecule has 1 aromatic carbocycles. The summed E-state index contributed by atoms with van der Waals surface area (Å²) in [6.45, 7) is 0.962. The van der Waals surface area contributed by atoms with Gasteiger partial charge in [-0.1, -0.05) is 26.0 Å². The molecule has 1 atom stereocenters. The molecule has 2 N–H and O–H groups in total. The first-order valence-electron chi connectivity index (χ1n) is 8.80. The number of ether oxygens (including phenoxy) is 1. The van der Waals surface area contributed by atoms with Crippen LogP contribution in [-0.4, -0.2) is 22.5 Å². The fourth-order valence-electron chi connectivity index (χ4n) is 2.85. The number of aromatic nitrogens is 2. The van der Waals surface area contributed by atoms with Crippen molar-refractivity contribution in [3.8, 4) is 5.75 Å². The Morgan fingerprint density at radius 2 is 1.93 bits per heavy atom. The van der Waals surface area contributed by atoms with Gasteiger partial charge in [0.15, 0.2) is 0 Å². The Labute approximate surface area is 155 Å². The van der Waals surface area contributed by atoms with Crippen molar-refractivity contribution in [1.29, 1.82) is 0 Å². The van der Waals surface area contributed by atoms with Gasteiger partial charge in [0.05, 0.1) is 6.04 Å². The van der Waals surface area contributed by atoms with Crippen molar-refractivity contribution in [2.75, 3.05) is 0 Å². The summed E-state index contributed by atoms with van der Waals surface area (Å²) < 4.78 is 28.9. The van der Waals surface area contributed by atoms with Crippen LogP contribution in [0.4, 0.5) is 8.78 Å². The molecule has 3 rings (SSSR count). The molecule has 0 unspecified atom stereocenters. The summed E-state index contributed by atoms with van der Waals surface area (Å²) in [6.07, 6.45) is 1.91. The van der Waals surface area contributed by atoms with Crippen LogP contribution in [0.15, 0.2) is 35.1 Å². The van der Waals surface area contributed by atoms with Gasteiger partial charge in [0.2, 0.25) is 0 Å². The Hall–Kier alpha value is -2.77. The van der Waals surface area contributed by atoms with Crippen LogP contribution in [0.1, 0.15) is 60.5 Å². The van der Waals surface area contributed by atoms with E-state index in [0.717, 1.165) is 18.4 Å². The second-order valence-corrected chi connectivity index (χ2v) is 6.93. The van der Waals surface area contributed by atoms with Crippen molar-refractivity contribution in [3.63, 3.8) is 0 Å².